The van der Waals surface area contributed by atoms with Gasteiger partial charge >= 0.3 is 0 Å². The van der Waals surface area contributed by atoms with E-state index in [-0.39, 0.29) is 5.41 Å². The molecule has 0 saturated heterocycles. The predicted octanol–water partition coefficient (Wildman–Crippen LogP) is 4.86. The fourth-order valence-corrected chi connectivity index (χ4v) is 4.70. The zero-order chi connectivity index (χ0) is 23.3. The molecule has 2 aliphatic rings. The van der Waals surface area contributed by atoms with E-state index in [2.05, 4.69) is 38.9 Å². The van der Waals surface area contributed by atoms with E-state index in [0.29, 0.717) is 29.7 Å². The first-order valence-corrected chi connectivity index (χ1v) is 12.2. The number of methoxy groups -OCH3 is 1. The smallest absolute Gasteiger partial charge is 0.126 e. The number of rotatable bonds is 10. The summed E-state index contributed by atoms with van der Waals surface area (Å²) in [6, 6.07) is 7.76. The van der Waals surface area contributed by atoms with Gasteiger partial charge in [0.15, 0.2) is 0 Å². The van der Waals surface area contributed by atoms with Gasteiger partial charge in [0.25, 0.3) is 0 Å². The number of aromatic nitrogens is 2. The summed E-state index contributed by atoms with van der Waals surface area (Å²) in [5.74, 6) is 0.832. The van der Waals surface area contributed by atoms with Crippen molar-refractivity contribution >= 4 is 23.1 Å². The molecule has 0 radical (unpaired) electrons. The number of ether oxygens (including phenoxy) is 1. The van der Waals surface area contributed by atoms with Gasteiger partial charge in [-0.1, -0.05) is 11.6 Å². The third-order valence-electron chi connectivity index (χ3n) is 6.64. The Morgan fingerprint density at radius 2 is 1.94 bits per heavy atom. The molecule has 0 spiro atoms. The van der Waals surface area contributed by atoms with Gasteiger partial charge < -0.3 is 20.7 Å². The van der Waals surface area contributed by atoms with E-state index in [1.807, 2.05) is 18.3 Å². The summed E-state index contributed by atoms with van der Waals surface area (Å²) in [6.45, 7) is 3.55. The number of nitrogens with zero attached hydrogens (tertiary/aromatic N) is 3. The topological polar surface area (TPSA) is 94.9 Å². The van der Waals surface area contributed by atoms with Crippen molar-refractivity contribution in [2.24, 2.45) is 5.41 Å². The number of hydrogen-bond donors (Lipinski definition) is 3. The van der Waals surface area contributed by atoms with E-state index in [0.717, 1.165) is 67.8 Å². The molecular weight excluding hydrogens is 436 g/mol. The lowest BCUT2D eigenvalue weighted by atomic mass is 9.90. The highest BCUT2D eigenvalue weighted by molar-refractivity contribution is 6.33. The first-order chi connectivity index (χ1) is 16.0. The molecule has 2 aromatic rings. The lowest BCUT2D eigenvalue weighted by Crippen LogP contribution is -2.42. The molecule has 2 fully saturated rings. The first-order valence-electron chi connectivity index (χ1n) is 11.8. The van der Waals surface area contributed by atoms with E-state index in [9.17, 15) is 5.26 Å². The van der Waals surface area contributed by atoms with E-state index >= 15 is 0 Å². The Morgan fingerprint density at radius 3 is 2.64 bits per heavy atom. The quantitative estimate of drug-likeness (QED) is 0.458. The highest BCUT2D eigenvalue weighted by Crippen LogP contribution is 2.44. The molecular formula is C25H33ClN6O. The number of hydrogen-bond acceptors (Lipinski definition) is 7. The molecule has 8 heteroatoms. The molecule has 2 saturated carbocycles. The van der Waals surface area contributed by atoms with Gasteiger partial charge in [-0.05, 0) is 57.6 Å². The van der Waals surface area contributed by atoms with E-state index in [1.165, 1.54) is 0 Å². The van der Waals surface area contributed by atoms with Crippen molar-refractivity contribution in [2.75, 3.05) is 30.9 Å². The maximum Gasteiger partial charge on any atom is 0.126 e. The van der Waals surface area contributed by atoms with Gasteiger partial charge in [0.05, 0.1) is 28.8 Å². The molecule has 2 heterocycles. The van der Waals surface area contributed by atoms with Crippen molar-refractivity contribution in [2.45, 2.75) is 63.6 Å². The molecule has 3 N–H and O–H groups in total. The van der Waals surface area contributed by atoms with Crippen LogP contribution in [0.15, 0.2) is 30.7 Å². The zero-order valence-electron chi connectivity index (χ0n) is 19.4. The molecule has 33 heavy (non-hydrogen) atoms. The number of anilines is 2. The molecule has 0 aromatic carbocycles. The normalized spacial score (nSPS) is 22.2. The number of nitrogens with one attached hydrogen (secondary N) is 3. The molecule has 2 aliphatic carbocycles. The Morgan fingerprint density at radius 1 is 1.18 bits per heavy atom. The van der Waals surface area contributed by atoms with Gasteiger partial charge in [0, 0.05) is 61.5 Å². The second-order valence-electron chi connectivity index (χ2n) is 9.47. The van der Waals surface area contributed by atoms with E-state index in [4.69, 9.17) is 16.3 Å². The van der Waals surface area contributed by atoms with E-state index < -0.39 is 0 Å². The van der Waals surface area contributed by atoms with Crippen LogP contribution in [-0.2, 0) is 4.74 Å². The fraction of sp³-hybridized carbons (Fsp3) is 0.560. The Balaban J connectivity index is 1.37. The number of pyridine rings is 2. The third kappa shape index (κ3) is 6.35. The first kappa shape index (κ1) is 23.7. The van der Waals surface area contributed by atoms with Crippen molar-refractivity contribution in [3.63, 3.8) is 0 Å². The van der Waals surface area contributed by atoms with Crippen LogP contribution in [0.3, 0.4) is 0 Å². The lowest BCUT2D eigenvalue weighted by Gasteiger charge is -2.32. The molecule has 0 bridgehead atoms. The number of halogens is 1. The third-order valence-corrected chi connectivity index (χ3v) is 6.94. The summed E-state index contributed by atoms with van der Waals surface area (Å²) < 4.78 is 5.23. The molecule has 0 amide bonds. The monoisotopic (exact) mass is 468 g/mol. The molecule has 176 valence electrons. The Kier molecular flexibility index (Phi) is 7.69. The van der Waals surface area contributed by atoms with Crippen LogP contribution in [0.4, 0.5) is 11.5 Å². The van der Waals surface area contributed by atoms with Crippen LogP contribution in [0.1, 0.15) is 45.4 Å². The lowest BCUT2D eigenvalue weighted by molar-refractivity contribution is 0.161. The van der Waals surface area contributed by atoms with Gasteiger partial charge in [-0.15, -0.1) is 0 Å². The summed E-state index contributed by atoms with van der Waals surface area (Å²) in [4.78, 5) is 8.89. The van der Waals surface area contributed by atoms with E-state index in [1.54, 1.807) is 19.5 Å². The van der Waals surface area contributed by atoms with Crippen molar-refractivity contribution in [1.29, 1.82) is 5.26 Å². The van der Waals surface area contributed by atoms with Crippen molar-refractivity contribution in [1.82, 2.24) is 15.3 Å². The van der Waals surface area contributed by atoms with Crippen molar-refractivity contribution in [3.05, 3.63) is 35.7 Å². The highest BCUT2D eigenvalue weighted by atomic mass is 35.5. The van der Waals surface area contributed by atoms with Gasteiger partial charge in [0.1, 0.15) is 5.82 Å². The molecule has 0 aliphatic heterocycles. The maximum absolute atomic E-state index is 9.30. The van der Waals surface area contributed by atoms with Crippen LogP contribution in [0, 0.1) is 16.7 Å². The van der Waals surface area contributed by atoms with Crippen molar-refractivity contribution in [3.8, 4) is 17.2 Å². The summed E-state index contributed by atoms with van der Waals surface area (Å²) in [5.41, 5.74) is 2.51. The van der Waals surface area contributed by atoms with Gasteiger partial charge in [-0.25, -0.2) is 4.98 Å². The minimum Gasteiger partial charge on any atom is -0.383 e. The summed E-state index contributed by atoms with van der Waals surface area (Å²) >= 11 is 6.50. The molecule has 1 atom stereocenters. The maximum atomic E-state index is 9.30. The van der Waals surface area contributed by atoms with Crippen LogP contribution in [-0.4, -0.2) is 48.4 Å². The van der Waals surface area contributed by atoms with Crippen LogP contribution in [0.5, 0.6) is 0 Å². The summed E-state index contributed by atoms with van der Waals surface area (Å²) in [7, 11) is 1.74. The number of nitriles is 1. The van der Waals surface area contributed by atoms with Crippen molar-refractivity contribution < 1.29 is 4.74 Å². The van der Waals surface area contributed by atoms with Gasteiger partial charge in [-0.3, -0.25) is 4.98 Å². The highest BCUT2D eigenvalue weighted by Gasteiger charge is 2.42. The minimum atomic E-state index is -0.211. The summed E-state index contributed by atoms with van der Waals surface area (Å²) in [6.07, 6.45) is 11.7. The van der Waals surface area contributed by atoms with Crippen LogP contribution in [0.2, 0.25) is 5.02 Å². The second kappa shape index (κ2) is 10.7. The fourth-order valence-electron chi connectivity index (χ4n) is 4.49. The Labute approximate surface area is 201 Å². The van der Waals surface area contributed by atoms with Gasteiger partial charge in [0.2, 0.25) is 0 Å². The Hall–Kier alpha value is -2.40. The second-order valence-corrected chi connectivity index (χ2v) is 9.88. The zero-order valence-corrected chi connectivity index (χ0v) is 20.2. The largest absolute Gasteiger partial charge is 0.383 e. The van der Waals surface area contributed by atoms with Crippen LogP contribution in [0.25, 0.3) is 11.1 Å². The summed E-state index contributed by atoms with van der Waals surface area (Å²) in [5, 5.41) is 20.5. The SMILES string of the molecule is COC[C@@H](C)NC1CCC(Nc2cc(-c3cncc(NCC4(C#N)CC4)c3)c(Cl)cn2)CC1. The predicted molar refractivity (Wildman–Crippen MR) is 132 cm³/mol. The Bertz CT molecular complexity index is 981. The van der Waals surface area contributed by atoms with Crippen LogP contribution >= 0.6 is 11.6 Å². The molecule has 0 unspecified atom stereocenters. The molecule has 2 aromatic heterocycles. The molecule has 4 rings (SSSR count). The average molecular weight is 469 g/mol. The average Bonchev–Trinajstić information content (AvgIpc) is 3.61. The minimum absolute atomic E-state index is 0.211. The standard InChI is InChI=1S/C25H33ClN6O/c1-17(14-33-2)31-19-3-5-20(6-4-19)32-24-10-22(23(26)13-29-24)18-9-21(12-28-11-18)30-16-25(15-27)7-8-25/h9-13,17,19-20,30-31H,3-8,14,16H2,1-2H3,(H,29,32)/t17-,19?,20?/m1/s1. The van der Waals surface area contributed by atoms with Gasteiger partial charge in [-0.2, -0.15) is 5.26 Å². The molecule has 7 nitrogen and oxygen atoms in total. The van der Waals surface area contributed by atoms with Crippen LogP contribution < -0.4 is 16.0 Å².